The molecule has 0 atom stereocenters. The van der Waals surface area contributed by atoms with E-state index in [4.69, 9.17) is 0 Å². The van der Waals surface area contributed by atoms with Crippen LogP contribution in [0.2, 0.25) is 0 Å². The number of halogens is 2. The van der Waals surface area contributed by atoms with Crippen LogP contribution >= 0.6 is 35.7 Å². The van der Waals surface area contributed by atoms with Crippen LogP contribution in [0.15, 0.2) is 29.3 Å². The van der Waals surface area contributed by atoms with Gasteiger partial charge in [-0.3, -0.25) is 4.99 Å². The number of benzene rings is 1. The van der Waals surface area contributed by atoms with E-state index < -0.39 is 0 Å². The van der Waals surface area contributed by atoms with Crippen LogP contribution in [0.25, 0.3) is 0 Å². The molecule has 0 aliphatic heterocycles. The first-order chi connectivity index (χ1) is 10.3. The van der Waals surface area contributed by atoms with E-state index in [-0.39, 0.29) is 29.8 Å². The Morgan fingerprint density at radius 1 is 1.27 bits per heavy atom. The van der Waals surface area contributed by atoms with Crippen molar-refractivity contribution >= 4 is 41.7 Å². The maximum atomic E-state index is 13.1. The topological polar surface area (TPSA) is 36.4 Å². The Hall–Kier alpha value is -0.500. The Balaban J connectivity index is 0.00000441. The van der Waals surface area contributed by atoms with Crippen molar-refractivity contribution in [3.8, 4) is 0 Å². The van der Waals surface area contributed by atoms with E-state index in [2.05, 4.69) is 28.8 Å². The van der Waals surface area contributed by atoms with Gasteiger partial charge in [-0.15, -0.1) is 24.0 Å². The van der Waals surface area contributed by atoms with E-state index in [0.29, 0.717) is 0 Å². The first kappa shape index (κ1) is 21.5. The monoisotopic (exact) mass is 439 g/mol. The third-order valence-electron chi connectivity index (χ3n) is 2.97. The third kappa shape index (κ3) is 10.3. The van der Waals surface area contributed by atoms with Gasteiger partial charge in [-0.2, -0.15) is 11.8 Å². The van der Waals surface area contributed by atoms with Gasteiger partial charge < -0.3 is 10.6 Å². The molecule has 0 saturated heterocycles. The van der Waals surface area contributed by atoms with E-state index in [1.165, 1.54) is 18.2 Å². The lowest BCUT2D eigenvalue weighted by Crippen LogP contribution is -2.38. The molecule has 0 fully saturated rings. The molecule has 0 aliphatic rings. The summed E-state index contributed by atoms with van der Waals surface area (Å²) in [5, 5.41) is 6.52. The minimum absolute atomic E-state index is 0. The van der Waals surface area contributed by atoms with E-state index in [9.17, 15) is 4.39 Å². The lowest BCUT2D eigenvalue weighted by molar-refractivity contribution is 0.625. The zero-order chi connectivity index (χ0) is 15.3. The van der Waals surface area contributed by atoms with Gasteiger partial charge in [0.1, 0.15) is 5.82 Å². The Kier molecular flexibility index (Phi) is 13.8. The fourth-order valence-corrected chi connectivity index (χ4v) is 2.40. The zero-order valence-electron chi connectivity index (χ0n) is 13.4. The number of unbranched alkanes of at least 4 members (excludes halogenated alkanes) is 1. The summed E-state index contributed by atoms with van der Waals surface area (Å²) in [4.78, 5) is 4.55. The van der Waals surface area contributed by atoms with Crippen LogP contribution < -0.4 is 10.6 Å². The molecule has 0 bridgehead atoms. The largest absolute Gasteiger partial charge is 0.357 e. The van der Waals surface area contributed by atoms with Gasteiger partial charge >= 0.3 is 0 Å². The van der Waals surface area contributed by atoms with Crippen LogP contribution in [0, 0.1) is 5.82 Å². The van der Waals surface area contributed by atoms with E-state index >= 15 is 0 Å². The number of aliphatic imine (C=N–C) groups is 1. The molecule has 1 aromatic carbocycles. The second-order valence-electron chi connectivity index (χ2n) is 4.77. The smallest absolute Gasteiger partial charge is 0.191 e. The maximum absolute atomic E-state index is 13.1. The molecular formula is C16H27FIN3S. The fourth-order valence-electron chi connectivity index (χ4n) is 1.91. The number of hydrogen-bond donors (Lipinski definition) is 2. The average molecular weight is 439 g/mol. The summed E-state index contributed by atoms with van der Waals surface area (Å²) in [7, 11) is 0. The highest BCUT2D eigenvalue weighted by Crippen LogP contribution is 2.03. The van der Waals surface area contributed by atoms with Crippen molar-refractivity contribution in [2.75, 3.05) is 31.6 Å². The quantitative estimate of drug-likeness (QED) is 0.267. The Morgan fingerprint density at radius 3 is 2.77 bits per heavy atom. The second-order valence-corrected chi connectivity index (χ2v) is 5.75. The Morgan fingerprint density at radius 2 is 2.09 bits per heavy atom. The van der Waals surface area contributed by atoms with Crippen LogP contribution in [-0.2, 0) is 6.42 Å². The highest BCUT2D eigenvalue weighted by atomic mass is 127. The van der Waals surface area contributed by atoms with Gasteiger partial charge in [0, 0.05) is 19.6 Å². The number of rotatable bonds is 9. The molecule has 0 saturated carbocycles. The Labute approximate surface area is 155 Å². The SMILES string of the molecule is CCNC(=NCCCCSC)NCCc1cccc(F)c1.I. The fraction of sp³-hybridized carbons (Fsp3) is 0.562. The zero-order valence-corrected chi connectivity index (χ0v) is 16.5. The average Bonchev–Trinajstić information content (AvgIpc) is 2.47. The molecule has 1 rings (SSSR count). The summed E-state index contributed by atoms with van der Waals surface area (Å²) in [6, 6.07) is 6.73. The van der Waals surface area contributed by atoms with Gasteiger partial charge in [0.15, 0.2) is 5.96 Å². The van der Waals surface area contributed by atoms with Crippen molar-refractivity contribution in [1.82, 2.24) is 10.6 Å². The molecule has 22 heavy (non-hydrogen) atoms. The highest BCUT2D eigenvalue weighted by molar-refractivity contribution is 14.0. The first-order valence-corrected chi connectivity index (χ1v) is 8.91. The van der Waals surface area contributed by atoms with E-state index in [1.807, 2.05) is 17.8 Å². The van der Waals surface area contributed by atoms with Crippen LogP contribution in [0.3, 0.4) is 0 Å². The number of nitrogens with zero attached hydrogens (tertiary/aromatic N) is 1. The molecule has 1 aromatic rings. The summed E-state index contributed by atoms with van der Waals surface area (Å²) >= 11 is 1.87. The molecule has 0 unspecified atom stereocenters. The predicted molar refractivity (Wildman–Crippen MR) is 107 cm³/mol. The molecule has 0 amide bonds. The van der Waals surface area contributed by atoms with Gasteiger partial charge in [-0.05, 0) is 55.9 Å². The predicted octanol–water partition coefficient (Wildman–Crippen LogP) is 3.68. The van der Waals surface area contributed by atoms with Gasteiger partial charge in [-0.1, -0.05) is 12.1 Å². The van der Waals surface area contributed by atoms with Gasteiger partial charge in [-0.25, -0.2) is 4.39 Å². The highest BCUT2D eigenvalue weighted by Gasteiger charge is 1.98. The minimum atomic E-state index is -0.179. The molecule has 0 radical (unpaired) electrons. The lowest BCUT2D eigenvalue weighted by atomic mass is 10.1. The van der Waals surface area contributed by atoms with Gasteiger partial charge in [0.25, 0.3) is 0 Å². The van der Waals surface area contributed by atoms with Crippen molar-refractivity contribution in [2.24, 2.45) is 4.99 Å². The van der Waals surface area contributed by atoms with E-state index in [0.717, 1.165) is 44.0 Å². The molecule has 0 heterocycles. The molecule has 0 spiro atoms. The van der Waals surface area contributed by atoms with Crippen molar-refractivity contribution in [3.63, 3.8) is 0 Å². The molecule has 3 nitrogen and oxygen atoms in total. The molecule has 0 aliphatic carbocycles. The summed E-state index contributed by atoms with van der Waals surface area (Å²) in [5.74, 6) is 1.86. The number of thioether (sulfide) groups is 1. The van der Waals surface area contributed by atoms with Gasteiger partial charge in [0.2, 0.25) is 0 Å². The second kappa shape index (κ2) is 14.1. The molecule has 2 N–H and O–H groups in total. The van der Waals surface area contributed by atoms with Crippen LogP contribution in [-0.4, -0.2) is 37.6 Å². The van der Waals surface area contributed by atoms with Crippen LogP contribution in [0.1, 0.15) is 25.3 Å². The molecular weight excluding hydrogens is 412 g/mol. The summed E-state index contributed by atoms with van der Waals surface area (Å²) in [5.41, 5.74) is 0.998. The lowest BCUT2D eigenvalue weighted by Gasteiger charge is -2.11. The van der Waals surface area contributed by atoms with Crippen LogP contribution in [0.4, 0.5) is 4.39 Å². The Bertz CT molecular complexity index is 430. The summed E-state index contributed by atoms with van der Waals surface area (Å²) in [6.45, 7) is 4.49. The normalized spacial score (nSPS) is 11.0. The minimum Gasteiger partial charge on any atom is -0.357 e. The van der Waals surface area contributed by atoms with Gasteiger partial charge in [0.05, 0.1) is 0 Å². The molecule has 126 valence electrons. The van der Waals surface area contributed by atoms with Crippen molar-refractivity contribution in [2.45, 2.75) is 26.2 Å². The standard InChI is InChI=1S/C16H26FN3S.HI/c1-3-18-16(19-10-4-5-12-21-2)20-11-9-14-7-6-8-15(17)13-14;/h6-8,13H,3-5,9-12H2,1-2H3,(H2,18,19,20);1H. The van der Waals surface area contributed by atoms with Crippen molar-refractivity contribution < 1.29 is 4.39 Å². The van der Waals surface area contributed by atoms with E-state index in [1.54, 1.807) is 12.1 Å². The van der Waals surface area contributed by atoms with Crippen molar-refractivity contribution in [1.29, 1.82) is 0 Å². The number of hydrogen-bond acceptors (Lipinski definition) is 2. The van der Waals surface area contributed by atoms with Crippen molar-refractivity contribution in [3.05, 3.63) is 35.6 Å². The number of nitrogens with one attached hydrogen (secondary N) is 2. The first-order valence-electron chi connectivity index (χ1n) is 7.51. The molecule has 6 heteroatoms. The number of guanidine groups is 1. The summed E-state index contributed by atoms with van der Waals surface area (Å²) in [6.07, 6.45) is 5.23. The molecule has 0 aromatic heterocycles. The third-order valence-corrected chi connectivity index (χ3v) is 3.66. The van der Waals surface area contributed by atoms with Crippen LogP contribution in [0.5, 0.6) is 0 Å². The summed E-state index contributed by atoms with van der Waals surface area (Å²) < 4.78 is 13.1. The maximum Gasteiger partial charge on any atom is 0.191 e.